The summed E-state index contributed by atoms with van der Waals surface area (Å²) in [5, 5.41) is 11.7. The summed E-state index contributed by atoms with van der Waals surface area (Å²) in [6, 6.07) is 17.9. The molecule has 0 aliphatic heterocycles. The zero-order valence-electron chi connectivity index (χ0n) is 21.9. The van der Waals surface area contributed by atoms with Crippen LogP contribution in [0.25, 0.3) is 22.2 Å². The molecule has 4 aromatic rings. The van der Waals surface area contributed by atoms with E-state index in [2.05, 4.69) is 94.3 Å². The van der Waals surface area contributed by atoms with Gasteiger partial charge in [-0.15, -0.1) is 0 Å². The minimum atomic E-state index is 0.122. The van der Waals surface area contributed by atoms with Gasteiger partial charge in [-0.1, -0.05) is 83.5 Å². The zero-order valence-corrected chi connectivity index (χ0v) is 21.9. The molecule has 0 spiro atoms. The number of aromatic nitrogens is 2. The van der Waals surface area contributed by atoms with Gasteiger partial charge in [0.15, 0.2) is 0 Å². The van der Waals surface area contributed by atoms with Crippen LogP contribution < -0.4 is 0 Å². The number of rotatable bonds is 10. The quantitative estimate of drug-likeness (QED) is 0.247. The molecule has 0 aliphatic carbocycles. The molecule has 0 radical (unpaired) electrons. The van der Waals surface area contributed by atoms with E-state index in [9.17, 15) is 5.11 Å². The Labute approximate surface area is 210 Å². The fraction of sp³-hybridized carbons (Fsp3) is 0.406. The molecule has 2 N–H and O–H groups in total. The molecule has 184 valence electrons. The van der Waals surface area contributed by atoms with Crippen LogP contribution in [0.1, 0.15) is 87.1 Å². The lowest BCUT2D eigenvalue weighted by molar-refractivity contribution is 0.204. The Hall–Kier alpha value is -2.91. The van der Waals surface area contributed by atoms with Crippen LogP contribution >= 0.6 is 0 Å². The van der Waals surface area contributed by atoms with E-state index in [0.717, 1.165) is 36.9 Å². The molecule has 0 aliphatic rings. The molecule has 3 nitrogen and oxygen atoms in total. The fourth-order valence-corrected chi connectivity index (χ4v) is 5.54. The first kappa shape index (κ1) is 25.2. The number of nitrogens with zero attached hydrogens (tertiary/aromatic N) is 1. The highest BCUT2D eigenvalue weighted by atomic mass is 16.3. The summed E-state index contributed by atoms with van der Waals surface area (Å²) >= 11 is 0. The topological polar surface area (TPSA) is 48.9 Å². The molecule has 2 heterocycles. The molecular formula is C32H40N2O. The van der Waals surface area contributed by atoms with Crippen molar-refractivity contribution in [2.45, 2.75) is 72.1 Å². The normalized spacial score (nSPS) is 13.5. The highest BCUT2D eigenvalue weighted by Gasteiger charge is 2.27. The van der Waals surface area contributed by atoms with E-state index >= 15 is 0 Å². The number of benzene rings is 2. The van der Waals surface area contributed by atoms with E-state index in [1.807, 2.05) is 6.20 Å². The Kier molecular flexibility index (Phi) is 8.07. The Balaban J connectivity index is 1.89. The molecule has 2 atom stereocenters. The summed E-state index contributed by atoms with van der Waals surface area (Å²) < 4.78 is 0. The summed E-state index contributed by atoms with van der Waals surface area (Å²) in [7, 11) is 0. The molecule has 0 saturated heterocycles. The predicted octanol–water partition coefficient (Wildman–Crippen LogP) is 8.02. The van der Waals surface area contributed by atoms with Gasteiger partial charge in [0.05, 0.1) is 17.4 Å². The summed E-state index contributed by atoms with van der Waals surface area (Å²) in [6.45, 7) is 11.3. The standard InChI is InChI=1S/C32H40N2O/c1-6-10-26(20-35)31(25-15-13-24(14-16-25)21(4)5)28-18-33-30-19-34-29(17-27(28)30)32-22(7-2)11-9-12-23(32)8-3/h9,11-19,21,26,31,33,35H,6-8,10,20H2,1-5H3. The van der Waals surface area contributed by atoms with Gasteiger partial charge in [-0.2, -0.15) is 0 Å². The van der Waals surface area contributed by atoms with Gasteiger partial charge in [0.1, 0.15) is 0 Å². The van der Waals surface area contributed by atoms with Crippen LogP contribution in [0.4, 0.5) is 0 Å². The minimum absolute atomic E-state index is 0.122. The van der Waals surface area contributed by atoms with Crippen molar-refractivity contribution in [1.29, 1.82) is 0 Å². The first-order valence-corrected chi connectivity index (χ1v) is 13.3. The van der Waals surface area contributed by atoms with Crippen LogP contribution in [0.3, 0.4) is 0 Å². The molecule has 3 heteroatoms. The van der Waals surface area contributed by atoms with Crippen molar-refractivity contribution < 1.29 is 5.11 Å². The maximum atomic E-state index is 10.4. The number of H-pyrrole nitrogens is 1. The number of aromatic amines is 1. The molecule has 2 unspecified atom stereocenters. The van der Waals surface area contributed by atoms with Crippen LogP contribution in [0.15, 0.2) is 60.9 Å². The van der Waals surface area contributed by atoms with Crippen molar-refractivity contribution in [2.75, 3.05) is 6.61 Å². The molecule has 4 rings (SSSR count). The van der Waals surface area contributed by atoms with Crippen molar-refractivity contribution in [2.24, 2.45) is 5.92 Å². The van der Waals surface area contributed by atoms with Crippen molar-refractivity contribution in [3.05, 3.63) is 88.7 Å². The lowest BCUT2D eigenvalue weighted by atomic mass is 9.78. The highest BCUT2D eigenvalue weighted by Crippen LogP contribution is 2.40. The second-order valence-electron chi connectivity index (χ2n) is 10.0. The van der Waals surface area contributed by atoms with Crippen molar-refractivity contribution in [3.63, 3.8) is 0 Å². The first-order valence-electron chi connectivity index (χ1n) is 13.3. The average Bonchev–Trinajstić information content (AvgIpc) is 3.30. The van der Waals surface area contributed by atoms with E-state index in [4.69, 9.17) is 4.98 Å². The molecule has 0 saturated carbocycles. The van der Waals surface area contributed by atoms with Gasteiger partial charge in [-0.3, -0.25) is 4.98 Å². The third kappa shape index (κ3) is 5.06. The van der Waals surface area contributed by atoms with Crippen molar-refractivity contribution in [1.82, 2.24) is 9.97 Å². The van der Waals surface area contributed by atoms with E-state index in [0.29, 0.717) is 5.92 Å². The number of aliphatic hydroxyl groups excluding tert-OH is 1. The third-order valence-corrected chi connectivity index (χ3v) is 7.52. The van der Waals surface area contributed by atoms with Gasteiger partial charge < -0.3 is 10.1 Å². The molecule has 35 heavy (non-hydrogen) atoms. The van der Waals surface area contributed by atoms with Crippen LogP contribution in [-0.4, -0.2) is 21.7 Å². The first-order chi connectivity index (χ1) is 17.0. The van der Waals surface area contributed by atoms with E-state index in [-0.39, 0.29) is 18.4 Å². The smallest absolute Gasteiger partial charge is 0.0715 e. The Morgan fingerprint density at radius 3 is 2.14 bits per heavy atom. The Morgan fingerprint density at radius 1 is 0.914 bits per heavy atom. The second kappa shape index (κ2) is 11.2. The van der Waals surface area contributed by atoms with Crippen LogP contribution in [0.5, 0.6) is 0 Å². The summed E-state index contributed by atoms with van der Waals surface area (Å²) in [5.74, 6) is 0.784. The number of aliphatic hydroxyl groups is 1. The molecular weight excluding hydrogens is 428 g/mol. The van der Waals surface area contributed by atoms with Crippen LogP contribution in [-0.2, 0) is 12.8 Å². The lowest BCUT2D eigenvalue weighted by Crippen LogP contribution is -2.18. The summed E-state index contributed by atoms with van der Waals surface area (Å²) in [5.41, 5.74) is 9.91. The van der Waals surface area contributed by atoms with Gasteiger partial charge in [0.2, 0.25) is 0 Å². The lowest BCUT2D eigenvalue weighted by Gasteiger charge is -2.26. The van der Waals surface area contributed by atoms with Crippen LogP contribution in [0.2, 0.25) is 0 Å². The number of aryl methyl sites for hydroxylation is 2. The number of fused-ring (bicyclic) bond motifs is 1. The SMILES string of the molecule is CCCC(CO)C(c1ccc(C(C)C)cc1)c1c[nH]c2cnc(-c3c(CC)cccc3CC)cc12. The van der Waals surface area contributed by atoms with Gasteiger partial charge in [-0.25, -0.2) is 0 Å². The van der Waals surface area contributed by atoms with E-state index in [1.54, 1.807) is 0 Å². The maximum absolute atomic E-state index is 10.4. The van der Waals surface area contributed by atoms with Gasteiger partial charge in [0.25, 0.3) is 0 Å². The third-order valence-electron chi connectivity index (χ3n) is 7.52. The van der Waals surface area contributed by atoms with Crippen molar-refractivity contribution in [3.8, 4) is 11.3 Å². The predicted molar refractivity (Wildman–Crippen MR) is 148 cm³/mol. The number of pyridine rings is 1. The second-order valence-corrected chi connectivity index (χ2v) is 10.0. The largest absolute Gasteiger partial charge is 0.396 e. The van der Waals surface area contributed by atoms with E-state index < -0.39 is 0 Å². The molecule has 2 aromatic carbocycles. The summed E-state index contributed by atoms with van der Waals surface area (Å²) in [4.78, 5) is 8.37. The van der Waals surface area contributed by atoms with Gasteiger partial charge in [-0.05, 0) is 65.0 Å². The minimum Gasteiger partial charge on any atom is -0.396 e. The summed E-state index contributed by atoms with van der Waals surface area (Å²) in [6.07, 6.45) is 8.11. The maximum Gasteiger partial charge on any atom is 0.0715 e. The molecule has 2 aromatic heterocycles. The molecule has 0 amide bonds. The number of nitrogens with one attached hydrogen (secondary N) is 1. The monoisotopic (exact) mass is 468 g/mol. The van der Waals surface area contributed by atoms with Gasteiger partial charge >= 0.3 is 0 Å². The van der Waals surface area contributed by atoms with E-state index in [1.165, 1.54) is 38.8 Å². The average molecular weight is 469 g/mol. The van der Waals surface area contributed by atoms with Gasteiger partial charge in [0, 0.05) is 29.7 Å². The molecule has 0 fully saturated rings. The van der Waals surface area contributed by atoms with Crippen LogP contribution in [0, 0.1) is 5.92 Å². The fourth-order valence-electron chi connectivity index (χ4n) is 5.54. The Morgan fingerprint density at radius 2 is 1.57 bits per heavy atom. The number of hydrogen-bond acceptors (Lipinski definition) is 2. The highest BCUT2D eigenvalue weighted by molar-refractivity contribution is 5.88. The zero-order chi connectivity index (χ0) is 24.9. The van der Waals surface area contributed by atoms with Crippen molar-refractivity contribution >= 4 is 10.9 Å². The molecule has 0 bridgehead atoms. The number of hydrogen-bond donors (Lipinski definition) is 2. The Bertz CT molecular complexity index is 1230.